The van der Waals surface area contributed by atoms with Crippen molar-refractivity contribution in [2.45, 2.75) is 27.3 Å². The second-order valence-electron chi connectivity index (χ2n) is 7.61. The van der Waals surface area contributed by atoms with E-state index in [2.05, 4.69) is 9.88 Å². The van der Waals surface area contributed by atoms with Gasteiger partial charge in [-0.05, 0) is 64.2 Å². The Bertz CT molecular complexity index is 1010. The summed E-state index contributed by atoms with van der Waals surface area (Å²) in [6.45, 7) is 6.97. The van der Waals surface area contributed by atoms with Crippen LogP contribution in [0.5, 0.6) is 5.75 Å². The first kappa shape index (κ1) is 20.6. The Morgan fingerprint density at radius 2 is 1.79 bits per heavy atom. The van der Waals surface area contributed by atoms with Gasteiger partial charge in [0, 0.05) is 18.7 Å². The molecule has 0 spiro atoms. The highest BCUT2D eigenvalue weighted by molar-refractivity contribution is 6.42. The van der Waals surface area contributed by atoms with Crippen molar-refractivity contribution in [1.29, 1.82) is 0 Å². The van der Waals surface area contributed by atoms with Crippen molar-refractivity contribution >= 4 is 40.2 Å². The molecule has 0 amide bonds. The van der Waals surface area contributed by atoms with Crippen molar-refractivity contribution in [3.8, 4) is 17.1 Å². The number of hydrogen-bond acceptors (Lipinski definition) is 4. The van der Waals surface area contributed by atoms with E-state index < -0.39 is 5.41 Å². The highest BCUT2D eigenvalue weighted by Crippen LogP contribution is 2.32. The fourth-order valence-electron chi connectivity index (χ4n) is 2.72. The third kappa shape index (κ3) is 4.32. The molecule has 7 heteroatoms. The number of halogens is 2. The topological polar surface area (TPSA) is 56.2 Å². The van der Waals surface area contributed by atoms with Crippen LogP contribution in [0.25, 0.3) is 22.4 Å². The maximum absolute atomic E-state index is 12.1. The van der Waals surface area contributed by atoms with Gasteiger partial charge in [0.1, 0.15) is 11.6 Å². The van der Waals surface area contributed by atoms with Gasteiger partial charge in [0.15, 0.2) is 0 Å². The fraction of sp³-hybridized carbons (Fsp3) is 0.333. The third-order valence-electron chi connectivity index (χ3n) is 4.31. The Hall–Kier alpha value is -2.08. The van der Waals surface area contributed by atoms with Crippen molar-refractivity contribution < 1.29 is 9.53 Å². The molecule has 0 fully saturated rings. The van der Waals surface area contributed by atoms with Crippen molar-refractivity contribution in [2.24, 2.45) is 5.41 Å². The van der Waals surface area contributed by atoms with E-state index in [0.29, 0.717) is 15.8 Å². The number of nitrogens with zero attached hydrogens (tertiary/aromatic N) is 2. The lowest BCUT2D eigenvalue weighted by Crippen LogP contribution is -2.25. The maximum atomic E-state index is 12.1. The van der Waals surface area contributed by atoms with E-state index in [1.54, 1.807) is 18.2 Å². The quantitative estimate of drug-likeness (QED) is 0.457. The predicted molar refractivity (Wildman–Crippen MR) is 114 cm³/mol. The standard InChI is InChI=1S/C21H23Cl2N3O2/c1-21(2,3)20(27)28-14-7-5-13(6-8-14)19-25-17-11-15(22)16(23)12-18(17)26(19)10-9-24-4/h5-8,11-12,24H,9-10H2,1-4H3. The summed E-state index contributed by atoms with van der Waals surface area (Å²) in [6, 6.07) is 11.0. The number of imidazole rings is 1. The molecule has 5 nitrogen and oxygen atoms in total. The lowest BCUT2D eigenvalue weighted by Gasteiger charge is -2.16. The number of benzene rings is 2. The van der Waals surface area contributed by atoms with Crippen LogP contribution in [0.15, 0.2) is 36.4 Å². The SMILES string of the molecule is CNCCn1c(-c2ccc(OC(=O)C(C)(C)C)cc2)nc2cc(Cl)c(Cl)cc21. The molecule has 0 unspecified atom stereocenters. The van der Waals surface area contributed by atoms with Gasteiger partial charge >= 0.3 is 5.97 Å². The van der Waals surface area contributed by atoms with E-state index in [0.717, 1.165) is 35.5 Å². The van der Waals surface area contributed by atoms with Gasteiger partial charge < -0.3 is 14.6 Å². The second-order valence-corrected chi connectivity index (χ2v) is 8.42. The number of ether oxygens (including phenoxy) is 1. The van der Waals surface area contributed by atoms with Crippen molar-refractivity contribution in [3.05, 3.63) is 46.4 Å². The van der Waals surface area contributed by atoms with Gasteiger partial charge in [0.25, 0.3) is 0 Å². The summed E-state index contributed by atoms with van der Waals surface area (Å²) in [7, 11) is 1.90. The zero-order valence-electron chi connectivity index (χ0n) is 16.3. The summed E-state index contributed by atoms with van der Waals surface area (Å²) in [5.41, 5.74) is 2.06. The molecule has 1 N–H and O–H groups in total. The molecule has 0 saturated carbocycles. The number of carbonyl (C=O) groups is 1. The molecule has 1 aromatic heterocycles. The summed E-state index contributed by atoms with van der Waals surface area (Å²) in [5, 5.41) is 4.13. The van der Waals surface area contributed by atoms with E-state index in [1.807, 2.05) is 46.0 Å². The number of nitrogens with one attached hydrogen (secondary N) is 1. The number of esters is 1. The average Bonchev–Trinajstić information content (AvgIpc) is 2.97. The largest absolute Gasteiger partial charge is 0.426 e. The number of hydrogen-bond donors (Lipinski definition) is 1. The Kier molecular flexibility index (Phi) is 5.98. The maximum Gasteiger partial charge on any atom is 0.316 e. The fourth-order valence-corrected chi connectivity index (χ4v) is 3.04. The Morgan fingerprint density at radius 3 is 2.39 bits per heavy atom. The van der Waals surface area contributed by atoms with Crippen molar-refractivity contribution in [1.82, 2.24) is 14.9 Å². The van der Waals surface area contributed by atoms with Gasteiger partial charge in [-0.1, -0.05) is 23.2 Å². The Labute approximate surface area is 174 Å². The smallest absolute Gasteiger partial charge is 0.316 e. The Balaban J connectivity index is 1.99. The van der Waals surface area contributed by atoms with E-state index in [4.69, 9.17) is 32.9 Å². The van der Waals surface area contributed by atoms with Crippen LogP contribution >= 0.6 is 23.2 Å². The molecule has 0 aliphatic rings. The van der Waals surface area contributed by atoms with Gasteiger partial charge in [0.05, 0.1) is 26.5 Å². The normalized spacial score (nSPS) is 11.8. The zero-order chi connectivity index (χ0) is 20.5. The van der Waals surface area contributed by atoms with Crippen LogP contribution in [-0.2, 0) is 11.3 Å². The van der Waals surface area contributed by atoms with Crippen molar-refractivity contribution in [3.63, 3.8) is 0 Å². The monoisotopic (exact) mass is 419 g/mol. The molecule has 3 aromatic rings. The molecule has 3 rings (SSSR count). The molecule has 0 aliphatic carbocycles. The van der Waals surface area contributed by atoms with Crippen LogP contribution in [0, 0.1) is 5.41 Å². The zero-order valence-corrected chi connectivity index (χ0v) is 17.9. The number of fused-ring (bicyclic) bond motifs is 1. The van der Waals surface area contributed by atoms with Gasteiger partial charge in [0.2, 0.25) is 0 Å². The molecule has 148 valence electrons. The van der Waals surface area contributed by atoms with Crippen molar-refractivity contribution in [2.75, 3.05) is 13.6 Å². The lowest BCUT2D eigenvalue weighted by molar-refractivity contribution is -0.142. The number of aromatic nitrogens is 2. The molecule has 2 aromatic carbocycles. The van der Waals surface area contributed by atoms with Crippen LogP contribution in [0.3, 0.4) is 0 Å². The van der Waals surface area contributed by atoms with E-state index in [-0.39, 0.29) is 5.97 Å². The second kappa shape index (κ2) is 8.11. The third-order valence-corrected chi connectivity index (χ3v) is 5.03. The first-order valence-electron chi connectivity index (χ1n) is 9.03. The molecular weight excluding hydrogens is 397 g/mol. The summed E-state index contributed by atoms with van der Waals surface area (Å²) < 4.78 is 7.55. The number of carbonyl (C=O) groups excluding carboxylic acids is 1. The van der Waals surface area contributed by atoms with E-state index in [9.17, 15) is 4.79 Å². The van der Waals surface area contributed by atoms with Crippen LogP contribution in [0.1, 0.15) is 20.8 Å². The predicted octanol–water partition coefficient (Wildman–Crippen LogP) is 5.18. The van der Waals surface area contributed by atoms with Crippen LogP contribution in [-0.4, -0.2) is 29.1 Å². The molecule has 1 heterocycles. The minimum absolute atomic E-state index is 0.272. The van der Waals surface area contributed by atoms with Crippen LogP contribution in [0.2, 0.25) is 10.0 Å². The molecule has 28 heavy (non-hydrogen) atoms. The summed E-state index contributed by atoms with van der Waals surface area (Å²) in [4.78, 5) is 16.8. The number of likely N-dealkylation sites (N-methyl/N-ethyl adjacent to an activating group) is 1. The van der Waals surface area contributed by atoms with Crippen LogP contribution in [0.4, 0.5) is 0 Å². The molecule has 0 aliphatic heterocycles. The minimum atomic E-state index is -0.557. The summed E-state index contributed by atoms with van der Waals surface area (Å²) in [5.74, 6) is 1.04. The first-order chi connectivity index (χ1) is 13.2. The van der Waals surface area contributed by atoms with Gasteiger partial charge in [-0.25, -0.2) is 4.98 Å². The molecule has 0 saturated heterocycles. The summed E-state index contributed by atoms with van der Waals surface area (Å²) >= 11 is 12.4. The highest BCUT2D eigenvalue weighted by Gasteiger charge is 2.23. The number of rotatable bonds is 5. The average molecular weight is 420 g/mol. The highest BCUT2D eigenvalue weighted by atomic mass is 35.5. The van der Waals surface area contributed by atoms with Gasteiger partial charge in [-0.15, -0.1) is 0 Å². The molecule has 0 radical (unpaired) electrons. The summed E-state index contributed by atoms with van der Waals surface area (Å²) in [6.07, 6.45) is 0. The molecule has 0 atom stereocenters. The minimum Gasteiger partial charge on any atom is -0.426 e. The van der Waals surface area contributed by atoms with E-state index >= 15 is 0 Å². The molecular formula is C21H23Cl2N3O2. The molecule has 0 bridgehead atoms. The van der Waals surface area contributed by atoms with Gasteiger partial charge in [-0.2, -0.15) is 0 Å². The Morgan fingerprint density at radius 1 is 1.14 bits per heavy atom. The van der Waals surface area contributed by atoms with E-state index in [1.165, 1.54) is 0 Å². The lowest BCUT2D eigenvalue weighted by atomic mass is 9.97. The first-order valence-corrected chi connectivity index (χ1v) is 9.79. The van der Waals surface area contributed by atoms with Crippen LogP contribution < -0.4 is 10.1 Å². The van der Waals surface area contributed by atoms with Gasteiger partial charge in [-0.3, -0.25) is 4.79 Å².